The average Bonchev–Trinajstić information content (AvgIpc) is 3.09. The first kappa shape index (κ1) is 17.2. The molecule has 134 valence electrons. The molecule has 0 bridgehead atoms. The molecule has 1 N–H and O–H groups in total. The van der Waals surface area contributed by atoms with Crippen LogP contribution in [-0.4, -0.2) is 16.1 Å². The summed E-state index contributed by atoms with van der Waals surface area (Å²) >= 11 is 1.19. The third-order valence-electron chi connectivity index (χ3n) is 4.37. The number of rotatable bonds is 5. The highest BCUT2D eigenvalue weighted by molar-refractivity contribution is 7.17. The maximum Gasteiger partial charge on any atom is 0.347 e. The summed E-state index contributed by atoms with van der Waals surface area (Å²) in [5, 5.41) is 12.3. The first-order valence-corrected chi connectivity index (χ1v) is 9.34. The van der Waals surface area contributed by atoms with Crippen LogP contribution in [0.2, 0.25) is 0 Å². The SMILES string of the molecule is Cc1nc(-c2ccc(OCc3cccc4ccccc34)cc2)sc1C(=O)O. The largest absolute Gasteiger partial charge is 0.489 e. The number of aromatic carboxylic acids is 1. The Hall–Kier alpha value is -3.18. The third-order valence-corrected chi connectivity index (χ3v) is 5.56. The summed E-state index contributed by atoms with van der Waals surface area (Å²) in [5.41, 5.74) is 2.56. The molecule has 0 saturated heterocycles. The van der Waals surface area contributed by atoms with Crippen molar-refractivity contribution in [3.05, 3.63) is 82.9 Å². The monoisotopic (exact) mass is 375 g/mol. The molecule has 0 saturated carbocycles. The number of nitrogens with zero attached hydrogens (tertiary/aromatic N) is 1. The molecule has 0 spiro atoms. The van der Waals surface area contributed by atoms with Gasteiger partial charge in [0.15, 0.2) is 0 Å². The fourth-order valence-electron chi connectivity index (χ4n) is 2.99. The van der Waals surface area contributed by atoms with E-state index in [0.717, 1.165) is 16.9 Å². The molecule has 0 radical (unpaired) electrons. The lowest BCUT2D eigenvalue weighted by Gasteiger charge is -2.09. The van der Waals surface area contributed by atoms with Crippen molar-refractivity contribution in [1.82, 2.24) is 4.98 Å². The second kappa shape index (κ2) is 7.21. The normalized spacial score (nSPS) is 10.9. The van der Waals surface area contributed by atoms with Gasteiger partial charge in [0.25, 0.3) is 0 Å². The smallest absolute Gasteiger partial charge is 0.347 e. The summed E-state index contributed by atoms with van der Waals surface area (Å²) in [5.74, 6) is -0.176. The molecule has 1 aromatic heterocycles. The van der Waals surface area contributed by atoms with Gasteiger partial charge in [0.2, 0.25) is 0 Å². The third kappa shape index (κ3) is 3.55. The molecular weight excluding hydrogens is 358 g/mol. The van der Waals surface area contributed by atoms with Crippen LogP contribution in [0.4, 0.5) is 0 Å². The second-order valence-electron chi connectivity index (χ2n) is 6.19. The molecule has 0 aliphatic heterocycles. The number of ether oxygens (including phenoxy) is 1. The Morgan fingerprint density at radius 2 is 1.78 bits per heavy atom. The number of hydrogen-bond acceptors (Lipinski definition) is 4. The minimum absolute atomic E-state index is 0.279. The Kier molecular flexibility index (Phi) is 4.60. The zero-order chi connectivity index (χ0) is 18.8. The first-order chi connectivity index (χ1) is 13.1. The zero-order valence-electron chi connectivity index (χ0n) is 14.7. The highest BCUT2D eigenvalue weighted by Gasteiger charge is 2.15. The second-order valence-corrected chi connectivity index (χ2v) is 7.19. The summed E-state index contributed by atoms with van der Waals surface area (Å²) in [6, 6.07) is 22.0. The molecule has 27 heavy (non-hydrogen) atoms. The van der Waals surface area contributed by atoms with E-state index in [9.17, 15) is 9.90 Å². The van der Waals surface area contributed by atoms with Gasteiger partial charge in [0.1, 0.15) is 22.2 Å². The van der Waals surface area contributed by atoms with Crippen molar-refractivity contribution in [1.29, 1.82) is 0 Å². The van der Waals surface area contributed by atoms with Crippen LogP contribution < -0.4 is 4.74 Å². The van der Waals surface area contributed by atoms with E-state index >= 15 is 0 Å². The molecule has 0 aliphatic carbocycles. The van der Waals surface area contributed by atoms with Gasteiger partial charge in [-0.2, -0.15) is 0 Å². The Bertz CT molecular complexity index is 1110. The number of carboxylic acid groups (broad SMARTS) is 1. The van der Waals surface area contributed by atoms with Gasteiger partial charge in [-0.1, -0.05) is 42.5 Å². The Morgan fingerprint density at radius 1 is 1.04 bits per heavy atom. The van der Waals surface area contributed by atoms with Gasteiger partial charge in [-0.05, 0) is 47.5 Å². The van der Waals surface area contributed by atoms with E-state index in [1.165, 1.54) is 22.1 Å². The number of hydrogen-bond donors (Lipinski definition) is 1. The van der Waals surface area contributed by atoms with Crippen LogP contribution in [0, 0.1) is 6.92 Å². The number of fused-ring (bicyclic) bond motifs is 1. The summed E-state index contributed by atoms with van der Waals surface area (Å²) < 4.78 is 5.95. The standard InChI is InChI=1S/C22H17NO3S/c1-14-20(22(24)25)27-21(23-14)16-9-11-18(12-10-16)26-13-17-7-4-6-15-5-2-3-8-19(15)17/h2-12H,13H2,1H3,(H,24,25). The van der Waals surface area contributed by atoms with Crippen LogP contribution in [0.5, 0.6) is 5.75 Å². The minimum Gasteiger partial charge on any atom is -0.489 e. The predicted molar refractivity (Wildman–Crippen MR) is 108 cm³/mol. The van der Waals surface area contributed by atoms with E-state index in [2.05, 4.69) is 29.2 Å². The molecule has 0 aliphatic rings. The molecule has 0 fully saturated rings. The number of aromatic nitrogens is 1. The lowest BCUT2D eigenvalue weighted by Crippen LogP contribution is -1.96. The molecular formula is C22H17NO3S. The lowest BCUT2D eigenvalue weighted by atomic mass is 10.1. The van der Waals surface area contributed by atoms with E-state index < -0.39 is 5.97 Å². The summed E-state index contributed by atoms with van der Waals surface area (Å²) in [6.07, 6.45) is 0. The van der Waals surface area contributed by atoms with Crippen molar-refractivity contribution < 1.29 is 14.6 Å². The molecule has 3 aromatic carbocycles. The Morgan fingerprint density at radius 3 is 2.52 bits per heavy atom. The quantitative estimate of drug-likeness (QED) is 0.497. The number of aryl methyl sites for hydroxylation is 1. The van der Waals surface area contributed by atoms with Crippen LogP contribution in [0.25, 0.3) is 21.3 Å². The number of carboxylic acids is 1. The van der Waals surface area contributed by atoms with Gasteiger partial charge in [0.05, 0.1) is 5.69 Å². The maximum atomic E-state index is 11.2. The van der Waals surface area contributed by atoms with Crippen LogP contribution >= 0.6 is 11.3 Å². The van der Waals surface area contributed by atoms with Crippen molar-refractivity contribution >= 4 is 28.1 Å². The van der Waals surface area contributed by atoms with Crippen molar-refractivity contribution in [2.24, 2.45) is 0 Å². The number of carbonyl (C=O) groups is 1. The number of thiazole rings is 1. The van der Waals surface area contributed by atoms with E-state index in [-0.39, 0.29) is 4.88 Å². The fourth-order valence-corrected chi connectivity index (χ4v) is 3.90. The highest BCUT2D eigenvalue weighted by Crippen LogP contribution is 2.29. The Labute approximate surface area is 160 Å². The van der Waals surface area contributed by atoms with Crippen LogP contribution in [0.15, 0.2) is 66.7 Å². The molecule has 4 nitrogen and oxygen atoms in total. The average molecular weight is 375 g/mol. The predicted octanol–water partition coefficient (Wildman–Crippen LogP) is 5.55. The lowest BCUT2D eigenvalue weighted by molar-refractivity contribution is 0.0701. The topological polar surface area (TPSA) is 59.4 Å². The van der Waals surface area contributed by atoms with Crippen LogP contribution in [-0.2, 0) is 6.61 Å². The van der Waals surface area contributed by atoms with Gasteiger partial charge >= 0.3 is 5.97 Å². The van der Waals surface area contributed by atoms with Gasteiger partial charge in [-0.3, -0.25) is 0 Å². The molecule has 4 aromatic rings. The summed E-state index contributed by atoms with van der Waals surface area (Å²) in [7, 11) is 0. The zero-order valence-corrected chi connectivity index (χ0v) is 15.5. The molecule has 5 heteroatoms. The van der Waals surface area contributed by atoms with E-state index in [1.807, 2.05) is 42.5 Å². The van der Waals surface area contributed by atoms with Gasteiger partial charge in [-0.15, -0.1) is 11.3 Å². The van der Waals surface area contributed by atoms with E-state index in [1.54, 1.807) is 6.92 Å². The minimum atomic E-state index is -0.939. The van der Waals surface area contributed by atoms with E-state index in [4.69, 9.17) is 4.74 Å². The number of benzene rings is 3. The Balaban J connectivity index is 1.51. The molecule has 1 heterocycles. The highest BCUT2D eigenvalue weighted by atomic mass is 32.1. The van der Waals surface area contributed by atoms with Gasteiger partial charge in [0, 0.05) is 5.56 Å². The van der Waals surface area contributed by atoms with Crippen molar-refractivity contribution in [2.45, 2.75) is 13.5 Å². The molecule has 0 atom stereocenters. The van der Waals surface area contributed by atoms with Crippen molar-refractivity contribution in [3.8, 4) is 16.3 Å². The summed E-state index contributed by atoms with van der Waals surface area (Å²) in [4.78, 5) is 15.8. The fraction of sp³-hybridized carbons (Fsp3) is 0.0909. The van der Waals surface area contributed by atoms with Gasteiger partial charge in [-0.25, -0.2) is 9.78 Å². The van der Waals surface area contributed by atoms with Crippen molar-refractivity contribution in [3.63, 3.8) is 0 Å². The molecule has 0 unspecified atom stereocenters. The van der Waals surface area contributed by atoms with Crippen LogP contribution in [0.3, 0.4) is 0 Å². The maximum absolute atomic E-state index is 11.2. The molecule has 0 amide bonds. The first-order valence-electron chi connectivity index (χ1n) is 8.52. The van der Waals surface area contributed by atoms with Crippen molar-refractivity contribution in [2.75, 3.05) is 0 Å². The van der Waals surface area contributed by atoms with E-state index in [0.29, 0.717) is 17.3 Å². The van der Waals surface area contributed by atoms with Crippen LogP contribution in [0.1, 0.15) is 20.9 Å². The van der Waals surface area contributed by atoms with Gasteiger partial charge < -0.3 is 9.84 Å². The summed E-state index contributed by atoms with van der Waals surface area (Å²) in [6.45, 7) is 2.20. The molecule has 4 rings (SSSR count).